The van der Waals surface area contributed by atoms with Crippen LogP contribution in [0.1, 0.15) is 17.5 Å². The summed E-state index contributed by atoms with van der Waals surface area (Å²) in [4.78, 5) is 27.5. The van der Waals surface area contributed by atoms with Crippen LogP contribution in [0.3, 0.4) is 0 Å². The molecule has 114 valence electrons. The summed E-state index contributed by atoms with van der Waals surface area (Å²) >= 11 is 0. The van der Waals surface area contributed by atoms with E-state index in [1.807, 2.05) is 66.1 Å². The third-order valence-electron chi connectivity index (χ3n) is 2.92. The van der Waals surface area contributed by atoms with E-state index in [-0.39, 0.29) is 13.0 Å². The Hall–Kier alpha value is -2.82. The van der Waals surface area contributed by atoms with Crippen molar-refractivity contribution in [2.45, 2.75) is 19.4 Å². The molecule has 0 fully saturated rings. The van der Waals surface area contributed by atoms with E-state index in [4.69, 9.17) is 4.74 Å². The molecule has 0 aliphatic rings. The summed E-state index contributed by atoms with van der Waals surface area (Å²) in [5, 5.41) is 0. The number of aryl methyl sites for hydroxylation is 1. The second-order valence-electron chi connectivity index (χ2n) is 4.62. The van der Waals surface area contributed by atoms with Gasteiger partial charge in [-0.1, -0.05) is 60.7 Å². The first kappa shape index (κ1) is 15.6. The van der Waals surface area contributed by atoms with Crippen molar-refractivity contribution in [2.24, 2.45) is 0 Å². The van der Waals surface area contributed by atoms with Gasteiger partial charge in [0.25, 0.3) is 0 Å². The Labute approximate surface area is 128 Å². The molecule has 0 atom stereocenters. The summed E-state index contributed by atoms with van der Waals surface area (Å²) in [7, 11) is 0. The molecular weight excluding hydrogens is 282 g/mol. The normalized spacial score (nSPS) is 9.82. The van der Waals surface area contributed by atoms with Crippen LogP contribution < -0.4 is 5.48 Å². The Morgan fingerprint density at radius 1 is 0.864 bits per heavy atom. The molecule has 0 radical (unpaired) electrons. The Balaban J connectivity index is 1.62. The van der Waals surface area contributed by atoms with Gasteiger partial charge in [0.2, 0.25) is 0 Å². The minimum absolute atomic E-state index is 0.119. The van der Waals surface area contributed by atoms with Crippen LogP contribution in [-0.2, 0) is 27.4 Å². The Morgan fingerprint density at radius 3 is 2.09 bits per heavy atom. The molecule has 0 heterocycles. The molecule has 0 unspecified atom stereocenters. The lowest BCUT2D eigenvalue weighted by Gasteiger charge is -2.07. The molecular formula is C17H17NO4. The van der Waals surface area contributed by atoms with Crippen LogP contribution in [0.15, 0.2) is 60.7 Å². The Bertz CT molecular complexity index is 543. The molecule has 5 heteroatoms. The van der Waals surface area contributed by atoms with Crippen LogP contribution in [0.4, 0.5) is 4.79 Å². The van der Waals surface area contributed by atoms with Gasteiger partial charge < -0.3 is 9.57 Å². The largest absolute Gasteiger partial charge is 0.443 e. The molecule has 0 saturated heterocycles. The summed E-state index contributed by atoms with van der Waals surface area (Å²) in [6.07, 6.45) is -0.0550. The van der Waals surface area contributed by atoms with Gasteiger partial charge in [0.15, 0.2) is 0 Å². The van der Waals surface area contributed by atoms with Crippen molar-refractivity contribution in [1.82, 2.24) is 5.48 Å². The van der Waals surface area contributed by atoms with Gasteiger partial charge in [0.1, 0.15) is 6.61 Å². The minimum Gasteiger partial charge on any atom is -0.443 e. The predicted molar refractivity (Wildman–Crippen MR) is 80.6 cm³/mol. The highest BCUT2D eigenvalue weighted by molar-refractivity contribution is 5.73. The maximum atomic E-state index is 11.5. The molecule has 0 bridgehead atoms. The molecule has 0 saturated carbocycles. The van der Waals surface area contributed by atoms with Gasteiger partial charge in [0, 0.05) is 0 Å². The van der Waals surface area contributed by atoms with E-state index < -0.39 is 12.1 Å². The smallest absolute Gasteiger partial charge is 0.441 e. The van der Waals surface area contributed by atoms with E-state index >= 15 is 0 Å². The fraction of sp³-hybridized carbons (Fsp3) is 0.176. The minimum atomic E-state index is -0.795. The second kappa shape index (κ2) is 8.46. The highest BCUT2D eigenvalue weighted by atomic mass is 16.7. The summed E-state index contributed by atoms with van der Waals surface area (Å²) in [5.74, 6) is -0.513. The van der Waals surface area contributed by atoms with Crippen molar-refractivity contribution in [2.75, 3.05) is 0 Å². The zero-order valence-electron chi connectivity index (χ0n) is 12.0. The van der Waals surface area contributed by atoms with Gasteiger partial charge in [-0.2, -0.15) is 0 Å². The summed E-state index contributed by atoms with van der Waals surface area (Å²) < 4.78 is 4.91. The highest BCUT2D eigenvalue weighted by Gasteiger charge is 2.08. The third-order valence-corrected chi connectivity index (χ3v) is 2.92. The van der Waals surface area contributed by atoms with Gasteiger partial charge >= 0.3 is 12.1 Å². The number of ether oxygens (including phenoxy) is 1. The predicted octanol–water partition coefficient (Wildman–Crippen LogP) is 3.00. The number of hydrogen-bond donors (Lipinski definition) is 1. The first-order chi connectivity index (χ1) is 10.7. The Morgan fingerprint density at radius 2 is 1.45 bits per heavy atom. The molecule has 0 spiro atoms. The number of carbonyl (C=O) groups is 2. The van der Waals surface area contributed by atoms with Crippen molar-refractivity contribution >= 4 is 12.1 Å². The van der Waals surface area contributed by atoms with Crippen molar-refractivity contribution < 1.29 is 19.2 Å². The van der Waals surface area contributed by atoms with Crippen molar-refractivity contribution in [3.63, 3.8) is 0 Å². The van der Waals surface area contributed by atoms with Crippen LogP contribution in [0, 0.1) is 0 Å². The topological polar surface area (TPSA) is 64.6 Å². The van der Waals surface area contributed by atoms with Crippen LogP contribution in [0.5, 0.6) is 0 Å². The first-order valence-electron chi connectivity index (χ1n) is 6.94. The van der Waals surface area contributed by atoms with E-state index in [0.717, 1.165) is 11.1 Å². The maximum absolute atomic E-state index is 11.5. The van der Waals surface area contributed by atoms with Gasteiger partial charge in [-0.05, 0) is 17.5 Å². The molecule has 2 rings (SSSR count). The number of benzene rings is 2. The molecule has 2 aromatic rings. The second-order valence-corrected chi connectivity index (χ2v) is 4.62. The molecule has 1 N–H and O–H groups in total. The van der Waals surface area contributed by atoms with E-state index in [1.54, 1.807) is 0 Å². The number of hydrogen-bond acceptors (Lipinski definition) is 4. The quantitative estimate of drug-likeness (QED) is 0.862. The van der Waals surface area contributed by atoms with E-state index in [2.05, 4.69) is 4.84 Å². The molecule has 0 aliphatic heterocycles. The van der Waals surface area contributed by atoms with Crippen LogP contribution in [0.25, 0.3) is 0 Å². The molecule has 1 amide bonds. The standard InChI is InChI=1S/C17H17NO4/c19-16(12-11-14-7-3-1-4-8-14)22-18-17(20)21-13-15-9-5-2-6-10-15/h1-10H,11-13H2,(H,18,20). The number of amides is 1. The lowest BCUT2D eigenvalue weighted by atomic mass is 10.1. The van der Waals surface area contributed by atoms with Gasteiger partial charge in [-0.25, -0.2) is 9.59 Å². The van der Waals surface area contributed by atoms with Gasteiger partial charge in [-0.3, -0.25) is 0 Å². The molecule has 0 aromatic heterocycles. The average molecular weight is 299 g/mol. The number of hydroxylamine groups is 1. The van der Waals surface area contributed by atoms with Crippen molar-refractivity contribution in [3.8, 4) is 0 Å². The first-order valence-corrected chi connectivity index (χ1v) is 6.94. The number of nitrogens with one attached hydrogen (secondary N) is 1. The van der Waals surface area contributed by atoms with E-state index in [1.165, 1.54) is 0 Å². The zero-order valence-corrected chi connectivity index (χ0v) is 12.0. The summed E-state index contributed by atoms with van der Waals surface area (Å²) in [5.41, 5.74) is 3.87. The SMILES string of the molecule is O=C(CCc1ccccc1)ONC(=O)OCc1ccccc1. The Kier molecular flexibility index (Phi) is 5.99. The van der Waals surface area contributed by atoms with Crippen LogP contribution >= 0.6 is 0 Å². The van der Waals surface area contributed by atoms with E-state index in [0.29, 0.717) is 6.42 Å². The number of rotatable bonds is 5. The van der Waals surface area contributed by atoms with Gasteiger partial charge in [0.05, 0.1) is 6.42 Å². The van der Waals surface area contributed by atoms with Crippen molar-refractivity contribution in [3.05, 3.63) is 71.8 Å². The van der Waals surface area contributed by atoms with Crippen LogP contribution in [0.2, 0.25) is 0 Å². The number of carbonyl (C=O) groups excluding carboxylic acids is 2. The fourth-order valence-electron chi connectivity index (χ4n) is 1.79. The molecule has 5 nitrogen and oxygen atoms in total. The average Bonchev–Trinajstić information content (AvgIpc) is 2.58. The van der Waals surface area contributed by atoms with Crippen molar-refractivity contribution in [1.29, 1.82) is 0 Å². The summed E-state index contributed by atoms with van der Waals surface area (Å²) in [6, 6.07) is 18.8. The highest BCUT2D eigenvalue weighted by Crippen LogP contribution is 2.03. The van der Waals surface area contributed by atoms with E-state index in [9.17, 15) is 9.59 Å². The summed E-state index contributed by atoms with van der Waals surface area (Å²) in [6.45, 7) is 0.119. The lowest BCUT2D eigenvalue weighted by molar-refractivity contribution is -0.149. The maximum Gasteiger partial charge on any atom is 0.441 e. The molecule has 22 heavy (non-hydrogen) atoms. The fourth-order valence-corrected chi connectivity index (χ4v) is 1.79. The third kappa shape index (κ3) is 5.66. The zero-order chi connectivity index (χ0) is 15.6. The molecule has 0 aliphatic carbocycles. The lowest BCUT2D eigenvalue weighted by Crippen LogP contribution is -2.27. The molecule has 2 aromatic carbocycles. The monoisotopic (exact) mass is 299 g/mol. The van der Waals surface area contributed by atoms with Gasteiger partial charge in [-0.15, -0.1) is 5.48 Å². The van der Waals surface area contributed by atoms with Crippen LogP contribution in [-0.4, -0.2) is 12.1 Å².